The SMILES string of the molecule is CC(=O)OCc1ccc(NC(=O)[C@H](C)NC(=O)[C@@H](NC(=O)CCCCCN2C(=O)C=CC2=O)C(C)C)cc1CC[C@H]1C[C@@H](O)[C@H](NO)[C@@H](C(=O)O)O1. The van der Waals surface area contributed by atoms with Crippen molar-refractivity contribution in [2.24, 2.45) is 5.92 Å². The summed E-state index contributed by atoms with van der Waals surface area (Å²) >= 11 is 0. The fourth-order valence-corrected chi connectivity index (χ4v) is 5.87. The molecule has 0 saturated carbocycles. The normalized spacial score (nSPS) is 21.1. The summed E-state index contributed by atoms with van der Waals surface area (Å²) in [7, 11) is 0. The van der Waals surface area contributed by atoms with Gasteiger partial charge >= 0.3 is 11.9 Å². The van der Waals surface area contributed by atoms with Crippen molar-refractivity contribution < 1.29 is 58.5 Å². The van der Waals surface area contributed by atoms with Gasteiger partial charge in [-0.15, -0.1) is 0 Å². The Bertz CT molecular complexity index is 1500. The minimum absolute atomic E-state index is 0.0516. The number of nitrogens with zero attached hydrogens (tertiary/aromatic N) is 1. The Morgan fingerprint density at radius 3 is 2.29 bits per heavy atom. The number of esters is 1. The second-order valence-corrected chi connectivity index (χ2v) is 13.3. The molecule has 0 spiro atoms. The van der Waals surface area contributed by atoms with E-state index in [1.807, 2.05) is 0 Å². The molecule has 1 saturated heterocycles. The van der Waals surface area contributed by atoms with Crippen LogP contribution in [0.1, 0.15) is 77.3 Å². The van der Waals surface area contributed by atoms with Gasteiger partial charge in [-0.2, -0.15) is 5.48 Å². The topological polar surface area (TPSA) is 250 Å². The van der Waals surface area contributed by atoms with E-state index in [0.717, 1.165) is 4.90 Å². The van der Waals surface area contributed by atoms with Crippen LogP contribution in [0.25, 0.3) is 0 Å². The van der Waals surface area contributed by atoms with Crippen molar-refractivity contribution >= 4 is 47.2 Å². The molecule has 0 aliphatic carbocycles. The van der Waals surface area contributed by atoms with E-state index in [4.69, 9.17) is 9.47 Å². The fraction of sp³-hybridized carbons (Fsp3) is 0.571. The Balaban J connectivity index is 1.56. The van der Waals surface area contributed by atoms with Crippen molar-refractivity contribution in [3.8, 4) is 0 Å². The number of unbranched alkanes of at least 4 members (excludes halogenated alkanes) is 2. The van der Waals surface area contributed by atoms with Crippen molar-refractivity contribution in [1.29, 1.82) is 0 Å². The number of aliphatic carboxylic acids is 1. The number of nitrogens with one attached hydrogen (secondary N) is 4. The molecule has 17 heteroatoms. The zero-order valence-corrected chi connectivity index (χ0v) is 29.8. The molecule has 3 rings (SSSR count). The van der Waals surface area contributed by atoms with Crippen LogP contribution < -0.4 is 21.4 Å². The molecule has 2 aliphatic rings. The third-order valence-corrected chi connectivity index (χ3v) is 8.82. The quantitative estimate of drug-likeness (QED) is 0.0449. The molecule has 2 aliphatic heterocycles. The van der Waals surface area contributed by atoms with E-state index in [1.165, 1.54) is 26.0 Å². The standard InChI is InChI=1S/C35H49N5O12/c1-19(2)30(38-27(43)8-6-5-7-15-40-28(44)13-14-29(40)45)34(47)36-20(3)33(46)37-24-11-9-23(18-51-21(4)41)22(16-24)10-12-25-17-26(42)31(39-50)32(52-25)35(48)49/h9,11,13-14,16,19-20,25-26,30-32,39,42,50H,5-8,10,12,15,17-18H2,1-4H3,(H,36,47)(H,37,46)(H,38,43)(H,48,49)/t20-,25-,26+,30-,31-,32-/m0/s1. The largest absolute Gasteiger partial charge is 0.479 e. The lowest BCUT2D eigenvalue weighted by atomic mass is 9.92. The number of imide groups is 1. The molecule has 52 heavy (non-hydrogen) atoms. The number of aliphatic hydroxyl groups is 1. The van der Waals surface area contributed by atoms with E-state index in [9.17, 15) is 49.0 Å². The maximum atomic E-state index is 13.2. The molecule has 286 valence electrons. The van der Waals surface area contributed by atoms with Crippen LogP contribution in [0.3, 0.4) is 0 Å². The number of amides is 5. The molecule has 7 N–H and O–H groups in total. The van der Waals surface area contributed by atoms with Crippen LogP contribution in [0, 0.1) is 5.92 Å². The first-order chi connectivity index (χ1) is 24.6. The summed E-state index contributed by atoms with van der Waals surface area (Å²) in [5.74, 6) is -4.29. The number of benzene rings is 1. The highest BCUT2D eigenvalue weighted by molar-refractivity contribution is 6.12. The number of hydroxylamine groups is 1. The molecule has 0 unspecified atom stereocenters. The molecule has 0 radical (unpaired) electrons. The lowest BCUT2D eigenvalue weighted by molar-refractivity contribution is -0.180. The Kier molecular flexibility index (Phi) is 15.9. The van der Waals surface area contributed by atoms with Gasteiger partial charge in [0.1, 0.15) is 18.7 Å². The summed E-state index contributed by atoms with van der Waals surface area (Å²) in [6, 6.07) is 1.80. The van der Waals surface area contributed by atoms with Crippen molar-refractivity contribution in [3.05, 3.63) is 41.5 Å². The fourth-order valence-electron chi connectivity index (χ4n) is 5.87. The number of carboxylic acid groups (broad SMARTS) is 1. The zero-order valence-electron chi connectivity index (χ0n) is 29.8. The number of hydrogen-bond donors (Lipinski definition) is 7. The average Bonchev–Trinajstić information content (AvgIpc) is 3.40. The number of aryl methyl sites for hydroxylation is 1. The number of carbonyl (C=O) groups is 7. The van der Waals surface area contributed by atoms with Gasteiger partial charge in [-0.1, -0.05) is 26.3 Å². The second kappa shape index (κ2) is 19.8. The van der Waals surface area contributed by atoms with Crippen LogP contribution in [-0.2, 0) is 56.1 Å². The Morgan fingerprint density at radius 2 is 1.67 bits per heavy atom. The van der Waals surface area contributed by atoms with Gasteiger partial charge in [0, 0.05) is 44.1 Å². The van der Waals surface area contributed by atoms with Crippen LogP contribution in [-0.4, -0.2) is 105 Å². The van der Waals surface area contributed by atoms with Gasteiger partial charge in [-0.3, -0.25) is 33.7 Å². The predicted molar refractivity (Wildman–Crippen MR) is 183 cm³/mol. The minimum atomic E-state index is -1.49. The van der Waals surface area contributed by atoms with E-state index in [0.29, 0.717) is 42.5 Å². The summed E-state index contributed by atoms with van der Waals surface area (Å²) in [4.78, 5) is 86.5. The number of carbonyl (C=O) groups excluding carboxylic acids is 6. The molecular formula is C35H49N5O12. The molecule has 0 aromatic heterocycles. The smallest absolute Gasteiger partial charge is 0.334 e. The lowest BCUT2D eigenvalue weighted by Crippen LogP contribution is -2.57. The van der Waals surface area contributed by atoms with E-state index < -0.39 is 60.2 Å². The van der Waals surface area contributed by atoms with E-state index >= 15 is 0 Å². The molecule has 1 aromatic carbocycles. The summed E-state index contributed by atoms with van der Waals surface area (Å²) in [5, 5.41) is 37.3. The van der Waals surface area contributed by atoms with Crippen molar-refractivity contribution in [3.63, 3.8) is 0 Å². The summed E-state index contributed by atoms with van der Waals surface area (Å²) < 4.78 is 10.8. The third kappa shape index (κ3) is 12.2. The average molecular weight is 732 g/mol. The number of anilines is 1. The molecular weight excluding hydrogens is 682 g/mol. The van der Waals surface area contributed by atoms with E-state index in [-0.39, 0.29) is 56.1 Å². The molecule has 1 fully saturated rings. The van der Waals surface area contributed by atoms with Gasteiger partial charge in [-0.05, 0) is 61.8 Å². The first-order valence-electron chi connectivity index (χ1n) is 17.3. The number of ether oxygens (including phenoxy) is 2. The molecule has 5 amide bonds. The lowest BCUT2D eigenvalue weighted by Gasteiger charge is -2.37. The Morgan fingerprint density at radius 1 is 0.981 bits per heavy atom. The van der Waals surface area contributed by atoms with Crippen LogP contribution in [0.15, 0.2) is 30.4 Å². The van der Waals surface area contributed by atoms with Crippen LogP contribution in [0.2, 0.25) is 0 Å². The molecule has 1 aromatic rings. The van der Waals surface area contributed by atoms with Crippen molar-refractivity contribution in [2.45, 2.75) is 116 Å². The highest BCUT2D eigenvalue weighted by Gasteiger charge is 2.41. The number of hydrogen-bond acceptors (Lipinski definition) is 12. The van der Waals surface area contributed by atoms with Crippen molar-refractivity contribution in [2.75, 3.05) is 11.9 Å². The third-order valence-electron chi connectivity index (χ3n) is 8.82. The van der Waals surface area contributed by atoms with Crippen LogP contribution in [0.5, 0.6) is 0 Å². The summed E-state index contributed by atoms with van der Waals surface area (Å²) in [6.45, 7) is 6.48. The highest BCUT2D eigenvalue weighted by Crippen LogP contribution is 2.26. The van der Waals surface area contributed by atoms with Gasteiger partial charge < -0.3 is 40.8 Å². The first-order valence-corrected chi connectivity index (χ1v) is 17.3. The van der Waals surface area contributed by atoms with Gasteiger partial charge in [0.05, 0.1) is 18.2 Å². The molecule has 2 heterocycles. The summed E-state index contributed by atoms with van der Waals surface area (Å²) in [6.07, 6.45) is 1.45. The van der Waals surface area contributed by atoms with Crippen LogP contribution in [0.4, 0.5) is 5.69 Å². The minimum Gasteiger partial charge on any atom is -0.479 e. The number of rotatable bonds is 19. The first kappa shape index (κ1) is 41.7. The van der Waals surface area contributed by atoms with E-state index in [2.05, 4.69) is 16.0 Å². The number of aliphatic hydroxyl groups excluding tert-OH is 1. The molecule has 17 nitrogen and oxygen atoms in total. The van der Waals surface area contributed by atoms with Gasteiger partial charge in [0.15, 0.2) is 6.10 Å². The van der Waals surface area contributed by atoms with E-state index in [1.54, 1.807) is 37.5 Å². The summed E-state index contributed by atoms with van der Waals surface area (Å²) in [5.41, 5.74) is 3.44. The second-order valence-electron chi connectivity index (χ2n) is 13.3. The Hall–Kier alpha value is -4.71. The van der Waals surface area contributed by atoms with Gasteiger partial charge in [-0.25, -0.2) is 4.79 Å². The molecule has 6 atom stereocenters. The van der Waals surface area contributed by atoms with Gasteiger partial charge in [0.2, 0.25) is 17.7 Å². The maximum Gasteiger partial charge on any atom is 0.334 e. The van der Waals surface area contributed by atoms with Gasteiger partial charge in [0.25, 0.3) is 11.8 Å². The highest BCUT2D eigenvalue weighted by atomic mass is 16.5. The van der Waals surface area contributed by atoms with Crippen LogP contribution >= 0.6 is 0 Å². The Labute approximate surface area is 301 Å². The predicted octanol–water partition coefficient (Wildman–Crippen LogP) is 0.702. The molecule has 0 bridgehead atoms. The monoisotopic (exact) mass is 731 g/mol. The maximum absolute atomic E-state index is 13.2. The number of carboxylic acids is 1. The van der Waals surface area contributed by atoms with Crippen molar-refractivity contribution in [1.82, 2.24) is 21.0 Å². The zero-order chi connectivity index (χ0) is 38.5.